The highest BCUT2D eigenvalue weighted by molar-refractivity contribution is 5.67. The van der Waals surface area contributed by atoms with Gasteiger partial charge in [0.1, 0.15) is 5.60 Å². The lowest BCUT2D eigenvalue weighted by Crippen LogP contribution is -2.32. The standard InChI is InChI=1S/C17H28N2O2/c1-6-13(2)18-11-14-7-9-15(10-8-14)12-19-16(20)21-17(3,4)5/h7-10,13,18H,6,11-12H2,1-5H3,(H,19,20). The Balaban J connectivity index is 2.39. The van der Waals surface area contributed by atoms with Crippen LogP contribution < -0.4 is 10.6 Å². The summed E-state index contributed by atoms with van der Waals surface area (Å²) in [5.74, 6) is 0. The van der Waals surface area contributed by atoms with E-state index < -0.39 is 5.60 Å². The Morgan fingerprint density at radius 3 is 2.14 bits per heavy atom. The van der Waals surface area contributed by atoms with Crippen LogP contribution in [0.4, 0.5) is 4.79 Å². The molecule has 2 N–H and O–H groups in total. The Bertz CT molecular complexity index is 435. The van der Waals surface area contributed by atoms with Crippen molar-refractivity contribution in [2.45, 2.75) is 65.8 Å². The Labute approximate surface area is 128 Å². The summed E-state index contributed by atoms with van der Waals surface area (Å²) in [6.45, 7) is 11.3. The Kier molecular flexibility index (Phi) is 6.69. The minimum absolute atomic E-state index is 0.384. The van der Waals surface area contributed by atoms with Crippen LogP contribution in [0.3, 0.4) is 0 Å². The number of hydrogen-bond donors (Lipinski definition) is 2. The minimum Gasteiger partial charge on any atom is -0.444 e. The summed E-state index contributed by atoms with van der Waals surface area (Å²) >= 11 is 0. The molecule has 1 rings (SSSR count). The molecule has 0 saturated heterocycles. The van der Waals surface area contributed by atoms with Gasteiger partial charge in [0.15, 0.2) is 0 Å². The van der Waals surface area contributed by atoms with Crippen LogP contribution in [0, 0.1) is 0 Å². The van der Waals surface area contributed by atoms with E-state index in [2.05, 4.69) is 36.6 Å². The minimum atomic E-state index is -0.463. The summed E-state index contributed by atoms with van der Waals surface area (Å²) in [6.07, 6.45) is 0.739. The maximum absolute atomic E-state index is 11.6. The topological polar surface area (TPSA) is 50.4 Å². The van der Waals surface area contributed by atoms with Gasteiger partial charge in [-0.2, -0.15) is 0 Å². The highest BCUT2D eigenvalue weighted by Gasteiger charge is 2.15. The molecule has 0 aromatic heterocycles. The van der Waals surface area contributed by atoms with E-state index in [0.29, 0.717) is 12.6 Å². The monoisotopic (exact) mass is 292 g/mol. The number of carbonyl (C=O) groups excluding carboxylic acids is 1. The van der Waals surface area contributed by atoms with Crippen molar-refractivity contribution in [1.29, 1.82) is 0 Å². The summed E-state index contributed by atoms with van der Waals surface area (Å²) in [5.41, 5.74) is 1.85. The van der Waals surface area contributed by atoms with Gasteiger partial charge in [-0.1, -0.05) is 31.2 Å². The van der Waals surface area contributed by atoms with Crippen LogP contribution in [0.2, 0.25) is 0 Å². The van der Waals surface area contributed by atoms with Crippen molar-refractivity contribution in [3.8, 4) is 0 Å². The zero-order valence-corrected chi connectivity index (χ0v) is 13.8. The summed E-state index contributed by atoms with van der Waals surface area (Å²) < 4.78 is 5.20. The Morgan fingerprint density at radius 1 is 1.14 bits per heavy atom. The molecular formula is C17H28N2O2. The molecule has 0 fully saturated rings. The van der Waals surface area contributed by atoms with E-state index in [1.165, 1.54) is 5.56 Å². The van der Waals surface area contributed by atoms with Crippen molar-refractivity contribution in [2.24, 2.45) is 0 Å². The second kappa shape index (κ2) is 8.03. The second-order valence-electron chi connectivity index (χ2n) is 6.36. The van der Waals surface area contributed by atoms with Crippen LogP contribution in [0.15, 0.2) is 24.3 Å². The number of hydrogen-bond acceptors (Lipinski definition) is 3. The van der Waals surface area contributed by atoms with E-state index in [0.717, 1.165) is 18.5 Å². The average Bonchev–Trinajstić information content (AvgIpc) is 2.41. The molecule has 0 saturated carbocycles. The molecule has 0 aliphatic rings. The van der Waals surface area contributed by atoms with Gasteiger partial charge in [-0.15, -0.1) is 0 Å². The van der Waals surface area contributed by atoms with Crippen LogP contribution in [0.1, 0.15) is 52.2 Å². The molecule has 0 radical (unpaired) electrons. The van der Waals surface area contributed by atoms with Gasteiger partial charge in [-0.25, -0.2) is 4.79 Å². The van der Waals surface area contributed by atoms with Crippen molar-refractivity contribution in [3.05, 3.63) is 35.4 Å². The van der Waals surface area contributed by atoms with Crippen molar-refractivity contribution in [2.75, 3.05) is 0 Å². The molecule has 0 spiro atoms. The molecule has 1 aromatic carbocycles. The molecule has 0 heterocycles. The van der Waals surface area contributed by atoms with E-state index in [4.69, 9.17) is 4.74 Å². The van der Waals surface area contributed by atoms with Crippen molar-refractivity contribution < 1.29 is 9.53 Å². The predicted molar refractivity (Wildman–Crippen MR) is 86.1 cm³/mol. The van der Waals surface area contributed by atoms with Crippen molar-refractivity contribution in [1.82, 2.24) is 10.6 Å². The predicted octanol–water partition coefficient (Wildman–Crippen LogP) is 3.60. The number of ether oxygens (including phenoxy) is 1. The van der Waals surface area contributed by atoms with Gasteiger partial charge >= 0.3 is 6.09 Å². The molecule has 1 amide bonds. The van der Waals surface area contributed by atoms with Crippen LogP contribution in [-0.2, 0) is 17.8 Å². The number of alkyl carbamates (subject to hydrolysis) is 1. The third-order valence-corrected chi connectivity index (χ3v) is 3.13. The largest absolute Gasteiger partial charge is 0.444 e. The number of benzene rings is 1. The van der Waals surface area contributed by atoms with Crippen molar-refractivity contribution in [3.63, 3.8) is 0 Å². The van der Waals surface area contributed by atoms with Crippen LogP contribution in [0.5, 0.6) is 0 Å². The molecule has 4 nitrogen and oxygen atoms in total. The van der Waals surface area contributed by atoms with Gasteiger partial charge in [0, 0.05) is 19.1 Å². The third kappa shape index (κ3) is 7.71. The maximum atomic E-state index is 11.6. The third-order valence-electron chi connectivity index (χ3n) is 3.13. The molecule has 0 aliphatic carbocycles. The number of carbonyl (C=O) groups is 1. The summed E-state index contributed by atoms with van der Waals surface area (Å²) in [6, 6.07) is 8.76. The zero-order chi connectivity index (χ0) is 15.9. The smallest absolute Gasteiger partial charge is 0.407 e. The number of rotatable bonds is 6. The molecule has 1 unspecified atom stereocenters. The number of nitrogens with one attached hydrogen (secondary N) is 2. The van der Waals surface area contributed by atoms with Crippen LogP contribution >= 0.6 is 0 Å². The highest BCUT2D eigenvalue weighted by atomic mass is 16.6. The fraction of sp³-hybridized carbons (Fsp3) is 0.588. The van der Waals surface area contributed by atoms with Crippen molar-refractivity contribution >= 4 is 6.09 Å². The first-order valence-corrected chi connectivity index (χ1v) is 7.58. The fourth-order valence-corrected chi connectivity index (χ4v) is 1.70. The van der Waals surface area contributed by atoms with Crippen LogP contribution in [-0.4, -0.2) is 17.7 Å². The quantitative estimate of drug-likeness (QED) is 0.842. The Morgan fingerprint density at radius 2 is 1.67 bits per heavy atom. The van der Waals surface area contributed by atoms with Gasteiger partial charge in [-0.05, 0) is 45.2 Å². The van der Waals surface area contributed by atoms with E-state index in [-0.39, 0.29) is 6.09 Å². The van der Waals surface area contributed by atoms with E-state index in [1.807, 2.05) is 32.9 Å². The average molecular weight is 292 g/mol. The Hall–Kier alpha value is -1.55. The summed E-state index contributed by atoms with van der Waals surface area (Å²) in [4.78, 5) is 11.6. The molecule has 0 aliphatic heterocycles. The lowest BCUT2D eigenvalue weighted by Gasteiger charge is -2.19. The molecule has 0 bridgehead atoms. The second-order valence-corrected chi connectivity index (χ2v) is 6.36. The number of amides is 1. The first kappa shape index (κ1) is 17.5. The molecule has 118 valence electrons. The summed E-state index contributed by atoms with van der Waals surface area (Å²) in [5, 5.41) is 6.21. The zero-order valence-electron chi connectivity index (χ0n) is 13.8. The first-order valence-electron chi connectivity index (χ1n) is 7.58. The molecule has 21 heavy (non-hydrogen) atoms. The van der Waals surface area contributed by atoms with E-state index in [1.54, 1.807) is 0 Å². The fourth-order valence-electron chi connectivity index (χ4n) is 1.70. The van der Waals surface area contributed by atoms with E-state index in [9.17, 15) is 4.79 Å². The molecular weight excluding hydrogens is 264 g/mol. The van der Waals surface area contributed by atoms with Gasteiger partial charge in [0.05, 0.1) is 0 Å². The lowest BCUT2D eigenvalue weighted by atomic mass is 10.1. The SMILES string of the molecule is CCC(C)NCc1ccc(CNC(=O)OC(C)(C)C)cc1. The van der Waals surface area contributed by atoms with E-state index >= 15 is 0 Å². The first-order chi connectivity index (χ1) is 9.80. The van der Waals surface area contributed by atoms with Gasteiger partial charge in [0.2, 0.25) is 0 Å². The molecule has 4 heteroatoms. The van der Waals surface area contributed by atoms with Gasteiger partial charge in [0.25, 0.3) is 0 Å². The summed E-state index contributed by atoms with van der Waals surface area (Å²) in [7, 11) is 0. The maximum Gasteiger partial charge on any atom is 0.407 e. The lowest BCUT2D eigenvalue weighted by molar-refractivity contribution is 0.0523. The highest BCUT2D eigenvalue weighted by Crippen LogP contribution is 2.08. The molecule has 1 aromatic rings. The molecule has 1 atom stereocenters. The van der Waals surface area contributed by atoms with Crippen LogP contribution in [0.25, 0.3) is 0 Å². The van der Waals surface area contributed by atoms with Gasteiger partial charge < -0.3 is 15.4 Å². The van der Waals surface area contributed by atoms with Gasteiger partial charge in [-0.3, -0.25) is 0 Å². The normalized spacial score (nSPS) is 12.8.